The zero-order chi connectivity index (χ0) is 12.0. The highest BCUT2D eigenvalue weighted by Gasteiger charge is 2.45. The fourth-order valence-corrected chi connectivity index (χ4v) is 1.94. The molecule has 1 aliphatic rings. The second-order valence-electron chi connectivity index (χ2n) is 4.40. The highest BCUT2D eigenvalue weighted by Crippen LogP contribution is 2.40. The Kier molecular flexibility index (Phi) is 5.00. The average molecular weight is 226 g/mol. The van der Waals surface area contributed by atoms with Gasteiger partial charge in [-0.3, -0.25) is 0 Å². The smallest absolute Gasteiger partial charge is 0.330 e. The van der Waals surface area contributed by atoms with Crippen molar-refractivity contribution in [1.29, 1.82) is 0 Å². The highest BCUT2D eigenvalue weighted by atomic mass is 16.6. The SMILES string of the molecule is C=CC(=O)OC(C)C1(OCCCC)CCC1. The van der Waals surface area contributed by atoms with Gasteiger partial charge < -0.3 is 9.47 Å². The van der Waals surface area contributed by atoms with E-state index in [0.717, 1.165) is 38.7 Å². The molecule has 0 amide bonds. The quantitative estimate of drug-likeness (QED) is 0.380. The summed E-state index contributed by atoms with van der Waals surface area (Å²) in [7, 11) is 0. The summed E-state index contributed by atoms with van der Waals surface area (Å²) in [6.45, 7) is 8.20. The van der Waals surface area contributed by atoms with Gasteiger partial charge in [-0.05, 0) is 32.6 Å². The van der Waals surface area contributed by atoms with Crippen molar-refractivity contribution in [3.63, 3.8) is 0 Å². The Labute approximate surface area is 97.8 Å². The van der Waals surface area contributed by atoms with Crippen LogP contribution in [0.5, 0.6) is 0 Å². The molecule has 0 saturated heterocycles. The molecule has 3 nitrogen and oxygen atoms in total. The minimum Gasteiger partial charge on any atom is -0.456 e. The fourth-order valence-electron chi connectivity index (χ4n) is 1.94. The summed E-state index contributed by atoms with van der Waals surface area (Å²) < 4.78 is 11.2. The lowest BCUT2D eigenvalue weighted by Crippen LogP contribution is -2.51. The van der Waals surface area contributed by atoms with Crippen LogP contribution in [0.2, 0.25) is 0 Å². The summed E-state index contributed by atoms with van der Waals surface area (Å²) in [6, 6.07) is 0. The van der Waals surface area contributed by atoms with Crippen LogP contribution < -0.4 is 0 Å². The summed E-state index contributed by atoms with van der Waals surface area (Å²) in [5, 5.41) is 0. The lowest BCUT2D eigenvalue weighted by Gasteiger charge is -2.45. The van der Waals surface area contributed by atoms with Crippen molar-refractivity contribution in [3.05, 3.63) is 12.7 Å². The molecule has 0 radical (unpaired) electrons. The molecule has 1 saturated carbocycles. The molecule has 16 heavy (non-hydrogen) atoms. The Morgan fingerprint density at radius 1 is 1.56 bits per heavy atom. The Morgan fingerprint density at radius 3 is 2.69 bits per heavy atom. The van der Waals surface area contributed by atoms with Crippen LogP contribution >= 0.6 is 0 Å². The Balaban J connectivity index is 2.44. The van der Waals surface area contributed by atoms with E-state index in [-0.39, 0.29) is 17.7 Å². The van der Waals surface area contributed by atoms with E-state index in [0.29, 0.717) is 0 Å². The maximum Gasteiger partial charge on any atom is 0.330 e. The minimum atomic E-state index is -0.363. The average Bonchev–Trinajstić information content (AvgIpc) is 2.21. The molecule has 1 rings (SSSR count). The van der Waals surface area contributed by atoms with Crippen LogP contribution in [0.25, 0.3) is 0 Å². The molecule has 1 aliphatic carbocycles. The lowest BCUT2D eigenvalue weighted by molar-refractivity contribution is -0.187. The van der Waals surface area contributed by atoms with Crippen LogP contribution in [0.15, 0.2) is 12.7 Å². The van der Waals surface area contributed by atoms with Gasteiger partial charge in [0.1, 0.15) is 11.7 Å². The maximum absolute atomic E-state index is 11.1. The van der Waals surface area contributed by atoms with E-state index >= 15 is 0 Å². The first-order chi connectivity index (χ1) is 7.64. The van der Waals surface area contributed by atoms with Crippen LogP contribution in [0, 0.1) is 0 Å². The summed E-state index contributed by atoms with van der Waals surface area (Å²) in [4.78, 5) is 11.1. The molecule has 1 unspecified atom stereocenters. The normalized spacial score (nSPS) is 19.6. The number of carbonyl (C=O) groups is 1. The predicted molar refractivity (Wildman–Crippen MR) is 63.2 cm³/mol. The molecule has 0 spiro atoms. The number of hydrogen-bond donors (Lipinski definition) is 0. The number of hydrogen-bond acceptors (Lipinski definition) is 3. The summed E-state index contributed by atoms with van der Waals surface area (Å²) in [6.07, 6.45) is 6.34. The van der Waals surface area contributed by atoms with E-state index in [1.807, 2.05) is 6.92 Å². The van der Waals surface area contributed by atoms with Gasteiger partial charge in [0.2, 0.25) is 0 Å². The first kappa shape index (κ1) is 13.2. The standard InChI is InChI=1S/C13H22O3/c1-4-6-10-15-13(8-7-9-13)11(3)16-12(14)5-2/h5,11H,2,4,6-10H2,1,3H3. The van der Waals surface area contributed by atoms with Gasteiger partial charge in [0.25, 0.3) is 0 Å². The third kappa shape index (κ3) is 3.08. The first-order valence-corrected chi connectivity index (χ1v) is 6.11. The van der Waals surface area contributed by atoms with E-state index in [1.165, 1.54) is 6.08 Å². The maximum atomic E-state index is 11.1. The monoisotopic (exact) mass is 226 g/mol. The molecule has 0 bridgehead atoms. The van der Waals surface area contributed by atoms with Gasteiger partial charge in [-0.25, -0.2) is 4.79 Å². The van der Waals surface area contributed by atoms with Gasteiger partial charge >= 0.3 is 5.97 Å². The molecular formula is C13H22O3. The van der Waals surface area contributed by atoms with Gasteiger partial charge in [0.15, 0.2) is 0 Å². The van der Waals surface area contributed by atoms with Crippen molar-refractivity contribution in [1.82, 2.24) is 0 Å². The largest absolute Gasteiger partial charge is 0.456 e. The molecule has 1 fully saturated rings. The topological polar surface area (TPSA) is 35.5 Å². The van der Waals surface area contributed by atoms with Crippen LogP contribution in [-0.2, 0) is 14.3 Å². The number of carbonyl (C=O) groups excluding carboxylic acids is 1. The van der Waals surface area contributed by atoms with Gasteiger partial charge in [0, 0.05) is 12.7 Å². The Hall–Kier alpha value is -0.830. The molecule has 0 heterocycles. The molecule has 0 aromatic carbocycles. The molecule has 3 heteroatoms. The fraction of sp³-hybridized carbons (Fsp3) is 0.769. The van der Waals surface area contributed by atoms with E-state index in [1.54, 1.807) is 0 Å². The van der Waals surface area contributed by atoms with E-state index in [4.69, 9.17) is 9.47 Å². The third-order valence-electron chi connectivity index (χ3n) is 3.29. The van der Waals surface area contributed by atoms with Crippen LogP contribution in [0.4, 0.5) is 0 Å². The van der Waals surface area contributed by atoms with Gasteiger partial charge in [-0.2, -0.15) is 0 Å². The zero-order valence-corrected chi connectivity index (χ0v) is 10.3. The van der Waals surface area contributed by atoms with E-state index in [2.05, 4.69) is 13.5 Å². The van der Waals surface area contributed by atoms with E-state index in [9.17, 15) is 4.79 Å². The molecule has 92 valence electrons. The van der Waals surface area contributed by atoms with Crippen molar-refractivity contribution >= 4 is 5.97 Å². The van der Waals surface area contributed by atoms with Crippen molar-refractivity contribution in [2.45, 2.75) is 57.7 Å². The van der Waals surface area contributed by atoms with Gasteiger partial charge in [-0.15, -0.1) is 0 Å². The number of ether oxygens (including phenoxy) is 2. The molecule has 0 aromatic rings. The minimum absolute atomic E-state index is 0.177. The summed E-state index contributed by atoms with van der Waals surface area (Å²) >= 11 is 0. The second kappa shape index (κ2) is 6.04. The molecule has 0 aromatic heterocycles. The van der Waals surface area contributed by atoms with Crippen molar-refractivity contribution in [2.24, 2.45) is 0 Å². The zero-order valence-electron chi connectivity index (χ0n) is 10.3. The number of rotatable bonds is 7. The Morgan fingerprint density at radius 2 is 2.25 bits per heavy atom. The van der Waals surface area contributed by atoms with Crippen LogP contribution in [0.1, 0.15) is 46.0 Å². The number of unbranched alkanes of at least 4 members (excludes halogenated alkanes) is 1. The molecule has 0 N–H and O–H groups in total. The molecule has 0 aliphatic heterocycles. The lowest BCUT2D eigenvalue weighted by atomic mass is 9.76. The third-order valence-corrected chi connectivity index (χ3v) is 3.29. The summed E-state index contributed by atoms with van der Waals surface area (Å²) in [5.74, 6) is -0.363. The van der Waals surface area contributed by atoms with Gasteiger partial charge in [0.05, 0.1) is 0 Å². The van der Waals surface area contributed by atoms with Gasteiger partial charge in [-0.1, -0.05) is 19.9 Å². The predicted octanol–water partition coefficient (Wildman–Crippen LogP) is 2.84. The second-order valence-corrected chi connectivity index (χ2v) is 4.40. The van der Waals surface area contributed by atoms with Crippen LogP contribution in [0.3, 0.4) is 0 Å². The van der Waals surface area contributed by atoms with Crippen molar-refractivity contribution in [2.75, 3.05) is 6.61 Å². The molecular weight excluding hydrogens is 204 g/mol. The van der Waals surface area contributed by atoms with Crippen molar-refractivity contribution in [3.8, 4) is 0 Å². The Bertz CT molecular complexity index is 244. The summed E-state index contributed by atoms with van der Waals surface area (Å²) in [5.41, 5.74) is -0.228. The highest BCUT2D eigenvalue weighted by molar-refractivity contribution is 5.81. The first-order valence-electron chi connectivity index (χ1n) is 6.11. The molecule has 1 atom stereocenters. The number of esters is 1. The van der Waals surface area contributed by atoms with E-state index < -0.39 is 0 Å². The van der Waals surface area contributed by atoms with Crippen LogP contribution in [-0.4, -0.2) is 24.3 Å². The van der Waals surface area contributed by atoms with Crippen molar-refractivity contribution < 1.29 is 14.3 Å².